The molecule has 1 aliphatic heterocycles. The first-order valence-electron chi connectivity index (χ1n) is 11.6. The number of nitrogens with one attached hydrogen (secondary N) is 2. The van der Waals surface area contributed by atoms with Crippen molar-refractivity contribution in [2.45, 2.75) is 38.3 Å². The Labute approximate surface area is 201 Å². The summed E-state index contributed by atoms with van der Waals surface area (Å²) in [7, 11) is 0. The number of aliphatic hydroxyl groups is 1. The topological polar surface area (TPSA) is 91.3 Å². The first-order chi connectivity index (χ1) is 16.4. The Kier molecular flexibility index (Phi) is 4.76. The van der Waals surface area contributed by atoms with E-state index in [1.807, 2.05) is 30.3 Å². The smallest absolute Gasteiger partial charge is 0.276 e. The van der Waals surface area contributed by atoms with Crippen molar-refractivity contribution in [3.8, 4) is 0 Å². The largest absolute Gasteiger partial charge is 0.385 e. The molecule has 6 nitrogen and oxygen atoms in total. The molecule has 7 heteroatoms. The van der Waals surface area contributed by atoms with Crippen molar-refractivity contribution < 1.29 is 14.7 Å². The molecule has 6 rings (SSSR count). The summed E-state index contributed by atoms with van der Waals surface area (Å²) < 4.78 is 5.34. The van der Waals surface area contributed by atoms with Crippen LogP contribution < -0.4 is 10.6 Å². The monoisotopic (exact) mass is 471 g/mol. The predicted molar refractivity (Wildman–Crippen MR) is 133 cm³/mol. The van der Waals surface area contributed by atoms with E-state index in [9.17, 15) is 14.7 Å². The minimum absolute atomic E-state index is 0.0702. The van der Waals surface area contributed by atoms with Crippen LogP contribution in [0.5, 0.6) is 0 Å². The Morgan fingerprint density at radius 3 is 2.82 bits per heavy atom. The van der Waals surface area contributed by atoms with Crippen LogP contribution in [0.4, 0.5) is 5.69 Å². The standard InChI is InChI=1S/C27H25N3O3S/c1-14-6-5-7-15(2)21(14)24-22-18(25(31)29-24)12-16(27(33)10-11-27)13-19(22)28-26(32)23-17-8-3-4-9-20(17)34-30-23/h3-9,12-14,21,24,33H,10-11H2,1-2H3,(H,28,32)(H,29,31). The Balaban J connectivity index is 1.46. The normalized spacial score (nSPS) is 24.5. The molecule has 3 unspecified atom stereocenters. The van der Waals surface area contributed by atoms with Crippen LogP contribution in [-0.4, -0.2) is 21.3 Å². The zero-order chi connectivity index (χ0) is 23.6. The summed E-state index contributed by atoms with van der Waals surface area (Å²) in [5.74, 6) is -0.197. The molecule has 3 aromatic rings. The number of hydrogen-bond donors (Lipinski definition) is 3. The molecule has 2 aromatic carbocycles. The van der Waals surface area contributed by atoms with E-state index in [1.54, 1.807) is 6.07 Å². The van der Waals surface area contributed by atoms with E-state index in [1.165, 1.54) is 17.1 Å². The lowest BCUT2D eigenvalue weighted by atomic mass is 9.76. The molecular weight excluding hydrogens is 446 g/mol. The Morgan fingerprint density at radius 1 is 1.26 bits per heavy atom. The number of amides is 2. The van der Waals surface area contributed by atoms with Crippen molar-refractivity contribution in [2.75, 3.05) is 5.32 Å². The van der Waals surface area contributed by atoms with Gasteiger partial charge in [0.2, 0.25) is 0 Å². The molecule has 2 amide bonds. The first kappa shape index (κ1) is 21.3. The number of carbonyl (C=O) groups is 2. The van der Waals surface area contributed by atoms with Gasteiger partial charge in [0.15, 0.2) is 0 Å². The molecule has 3 aliphatic rings. The number of hydrogen-bond acceptors (Lipinski definition) is 5. The maximum absolute atomic E-state index is 13.4. The van der Waals surface area contributed by atoms with Gasteiger partial charge in [0.25, 0.3) is 11.8 Å². The quantitative estimate of drug-likeness (QED) is 0.495. The number of fused-ring (bicyclic) bond motifs is 2. The van der Waals surface area contributed by atoms with E-state index in [0.29, 0.717) is 35.3 Å². The molecule has 0 bridgehead atoms. The van der Waals surface area contributed by atoms with Crippen LogP contribution in [0, 0.1) is 11.8 Å². The molecular formula is C27H25N3O3S. The summed E-state index contributed by atoms with van der Waals surface area (Å²) in [6, 6.07) is 11.0. The van der Waals surface area contributed by atoms with Crippen LogP contribution in [0.3, 0.4) is 0 Å². The Morgan fingerprint density at radius 2 is 2.06 bits per heavy atom. The van der Waals surface area contributed by atoms with E-state index in [4.69, 9.17) is 0 Å². The fourth-order valence-electron chi connectivity index (χ4n) is 5.34. The van der Waals surface area contributed by atoms with Crippen LogP contribution in [0.15, 0.2) is 60.2 Å². The number of allylic oxidation sites excluding steroid dienone is 3. The van der Waals surface area contributed by atoms with Gasteiger partial charge in [-0.1, -0.05) is 48.9 Å². The van der Waals surface area contributed by atoms with Crippen LogP contribution in [0.25, 0.3) is 10.1 Å². The highest BCUT2D eigenvalue weighted by Crippen LogP contribution is 2.50. The fourth-order valence-corrected chi connectivity index (χ4v) is 6.11. The van der Waals surface area contributed by atoms with Gasteiger partial charge in [-0.05, 0) is 61.0 Å². The molecule has 0 saturated heterocycles. The molecule has 2 aliphatic carbocycles. The summed E-state index contributed by atoms with van der Waals surface area (Å²) in [6.45, 7) is 4.22. The molecule has 34 heavy (non-hydrogen) atoms. The molecule has 1 saturated carbocycles. The summed E-state index contributed by atoms with van der Waals surface area (Å²) in [5.41, 5.74) is 3.15. The average molecular weight is 472 g/mol. The lowest BCUT2D eigenvalue weighted by molar-refractivity contribution is 0.0945. The van der Waals surface area contributed by atoms with E-state index in [-0.39, 0.29) is 29.7 Å². The lowest BCUT2D eigenvalue weighted by Crippen LogP contribution is -2.31. The maximum atomic E-state index is 13.4. The van der Waals surface area contributed by atoms with Gasteiger partial charge in [0, 0.05) is 28.1 Å². The van der Waals surface area contributed by atoms with E-state index in [0.717, 1.165) is 15.6 Å². The van der Waals surface area contributed by atoms with Crippen LogP contribution in [-0.2, 0) is 5.60 Å². The van der Waals surface area contributed by atoms with Crippen LogP contribution in [0.2, 0.25) is 0 Å². The van der Waals surface area contributed by atoms with E-state index in [2.05, 4.69) is 47.1 Å². The molecule has 1 fully saturated rings. The highest BCUT2D eigenvalue weighted by Gasteiger charge is 2.46. The van der Waals surface area contributed by atoms with Crippen molar-refractivity contribution in [1.82, 2.24) is 9.69 Å². The molecule has 172 valence electrons. The van der Waals surface area contributed by atoms with Crippen molar-refractivity contribution in [3.63, 3.8) is 0 Å². The van der Waals surface area contributed by atoms with Gasteiger partial charge in [-0.25, -0.2) is 0 Å². The zero-order valence-corrected chi connectivity index (χ0v) is 19.8. The summed E-state index contributed by atoms with van der Waals surface area (Å²) in [4.78, 5) is 26.5. The summed E-state index contributed by atoms with van der Waals surface area (Å²) in [5, 5.41) is 17.9. The molecule has 0 radical (unpaired) electrons. The molecule has 3 atom stereocenters. The third-order valence-electron chi connectivity index (χ3n) is 7.35. The molecule has 1 aromatic heterocycles. The predicted octanol–water partition coefficient (Wildman–Crippen LogP) is 5.08. The van der Waals surface area contributed by atoms with Gasteiger partial charge in [-0.15, -0.1) is 0 Å². The number of rotatable bonds is 4. The third kappa shape index (κ3) is 3.30. The SMILES string of the molecule is CC1=CC=CC(C)C1C1NC(=O)c2cc(C3(O)CC3)cc(NC(=O)c3nsc4ccccc34)c21. The van der Waals surface area contributed by atoms with Crippen LogP contribution in [0.1, 0.15) is 64.7 Å². The molecule has 3 N–H and O–H groups in total. The zero-order valence-electron chi connectivity index (χ0n) is 19.0. The van der Waals surface area contributed by atoms with Gasteiger partial charge in [0.1, 0.15) is 5.69 Å². The maximum Gasteiger partial charge on any atom is 0.276 e. The average Bonchev–Trinajstić information content (AvgIpc) is 3.28. The number of aromatic nitrogens is 1. The van der Waals surface area contributed by atoms with Crippen molar-refractivity contribution in [3.05, 3.63) is 82.6 Å². The van der Waals surface area contributed by atoms with E-state index < -0.39 is 5.60 Å². The van der Waals surface area contributed by atoms with Gasteiger partial charge in [-0.3, -0.25) is 9.59 Å². The molecule has 0 spiro atoms. The highest BCUT2D eigenvalue weighted by atomic mass is 32.1. The van der Waals surface area contributed by atoms with Crippen molar-refractivity contribution in [1.29, 1.82) is 0 Å². The van der Waals surface area contributed by atoms with Gasteiger partial charge >= 0.3 is 0 Å². The summed E-state index contributed by atoms with van der Waals surface area (Å²) in [6.07, 6.45) is 7.56. The van der Waals surface area contributed by atoms with Gasteiger partial charge in [0.05, 0.1) is 16.3 Å². The third-order valence-corrected chi connectivity index (χ3v) is 8.18. The van der Waals surface area contributed by atoms with Crippen molar-refractivity contribution in [2.24, 2.45) is 11.8 Å². The molecule has 2 heterocycles. The highest BCUT2D eigenvalue weighted by molar-refractivity contribution is 7.13. The van der Waals surface area contributed by atoms with Crippen LogP contribution >= 0.6 is 11.5 Å². The first-order valence-corrected chi connectivity index (χ1v) is 12.4. The summed E-state index contributed by atoms with van der Waals surface area (Å²) >= 11 is 1.29. The minimum Gasteiger partial charge on any atom is -0.385 e. The number of anilines is 1. The Hall–Kier alpha value is -3.29. The lowest BCUT2D eigenvalue weighted by Gasteiger charge is -2.32. The number of benzene rings is 2. The second-order valence-corrected chi connectivity index (χ2v) is 10.4. The number of carbonyl (C=O) groups excluding carboxylic acids is 2. The van der Waals surface area contributed by atoms with E-state index >= 15 is 0 Å². The second kappa shape index (κ2) is 7.61. The second-order valence-electron chi connectivity index (χ2n) is 9.63. The Bertz CT molecular complexity index is 1420. The van der Waals surface area contributed by atoms with Gasteiger partial charge in [-0.2, -0.15) is 4.37 Å². The number of nitrogens with zero attached hydrogens (tertiary/aromatic N) is 1. The van der Waals surface area contributed by atoms with Gasteiger partial charge < -0.3 is 15.7 Å². The minimum atomic E-state index is -0.934. The van der Waals surface area contributed by atoms with Crippen molar-refractivity contribution >= 4 is 39.1 Å². The fraction of sp³-hybridized carbons (Fsp3) is 0.296.